The molecule has 0 saturated carbocycles. The Bertz CT molecular complexity index is 696. The third-order valence-corrected chi connectivity index (χ3v) is 4.57. The van der Waals surface area contributed by atoms with Crippen LogP contribution >= 0.6 is 0 Å². The summed E-state index contributed by atoms with van der Waals surface area (Å²) in [6.45, 7) is 4.71. The van der Waals surface area contributed by atoms with Gasteiger partial charge in [0.25, 0.3) is 0 Å². The Morgan fingerprint density at radius 3 is 3.00 bits per heavy atom. The Morgan fingerprint density at radius 1 is 1.24 bits per heavy atom. The number of hydrogen-bond donors (Lipinski definition) is 0. The van der Waals surface area contributed by atoms with E-state index in [9.17, 15) is 0 Å². The molecule has 0 amide bonds. The molecule has 0 nitrogen and oxygen atoms in total. The quantitative estimate of drug-likeness (QED) is 0.630. The predicted molar refractivity (Wildman–Crippen MR) is 71.9 cm³/mol. The molecule has 1 atom stereocenters. The lowest BCUT2D eigenvalue weighted by atomic mass is 9.76. The first-order valence-electron chi connectivity index (χ1n) is 6.43. The van der Waals surface area contributed by atoms with E-state index >= 15 is 0 Å². The van der Waals surface area contributed by atoms with Crippen LogP contribution in [0.2, 0.25) is 0 Å². The average Bonchev–Trinajstić information content (AvgIpc) is 2.59. The summed E-state index contributed by atoms with van der Waals surface area (Å²) in [7, 11) is 0. The minimum absolute atomic E-state index is 0.182. The van der Waals surface area contributed by atoms with Crippen molar-refractivity contribution < 1.29 is 0 Å². The molecule has 3 aliphatic rings. The van der Waals surface area contributed by atoms with Crippen molar-refractivity contribution in [2.24, 2.45) is 5.92 Å². The van der Waals surface area contributed by atoms with Crippen LogP contribution in [0, 0.1) is 5.92 Å². The second-order valence-corrected chi connectivity index (χ2v) is 5.82. The van der Waals surface area contributed by atoms with Crippen LogP contribution in [-0.2, 0) is 5.41 Å². The molecule has 17 heavy (non-hydrogen) atoms. The fourth-order valence-corrected chi connectivity index (χ4v) is 3.69. The van der Waals surface area contributed by atoms with E-state index in [1.807, 2.05) is 0 Å². The van der Waals surface area contributed by atoms with E-state index in [2.05, 4.69) is 56.4 Å². The second kappa shape index (κ2) is 2.81. The molecule has 1 unspecified atom stereocenters. The van der Waals surface area contributed by atoms with Gasteiger partial charge in [0.2, 0.25) is 0 Å². The van der Waals surface area contributed by atoms with Crippen molar-refractivity contribution in [1.29, 1.82) is 0 Å². The molecule has 1 aromatic carbocycles. The van der Waals surface area contributed by atoms with Crippen molar-refractivity contribution >= 4 is 11.6 Å². The van der Waals surface area contributed by atoms with Gasteiger partial charge >= 0.3 is 0 Å². The van der Waals surface area contributed by atoms with E-state index in [4.69, 9.17) is 0 Å². The fourth-order valence-electron chi connectivity index (χ4n) is 3.69. The SMILES string of the molecule is CC1(C)C2=CC=CC3CC=c4cccc1c4=C23. The van der Waals surface area contributed by atoms with E-state index in [0.717, 1.165) is 6.42 Å². The third-order valence-electron chi connectivity index (χ3n) is 4.57. The second-order valence-electron chi connectivity index (χ2n) is 5.82. The first kappa shape index (κ1) is 9.47. The first-order valence-corrected chi connectivity index (χ1v) is 6.43. The average molecular weight is 220 g/mol. The van der Waals surface area contributed by atoms with Crippen molar-refractivity contribution in [2.45, 2.75) is 25.7 Å². The van der Waals surface area contributed by atoms with Gasteiger partial charge in [-0.05, 0) is 33.6 Å². The van der Waals surface area contributed by atoms with Crippen molar-refractivity contribution in [3.05, 3.63) is 58.0 Å². The van der Waals surface area contributed by atoms with Crippen molar-refractivity contribution in [3.8, 4) is 0 Å². The zero-order valence-corrected chi connectivity index (χ0v) is 10.3. The van der Waals surface area contributed by atoms with Crippen molar-refractivity contribution in [3.63, 3.8) is 0 Å². The van der Waals surface area contributed by atoms with Gasteiger partial charge in [-0.1, -0.05) is 56.4 Å². The van der Waals surface area contributed by atoms with Crippen molar-refractivity contribution in [1.82, 2.24) is 0 Å². The molecule has 4 rings (SSSR count). The highest BCUT2D eigenvalue weighted by Crippen LogP contribution is 2.45. The minimum Gasteiger partial charge on any atom is -0.0767 e. The van der Waals surface area contributed by atoms with Crippen LogP contribution in [0.3, 0.4) is 0 Å². The topological polar surface area (TPSA) is 0 Å². The lowest BCUT2D eigenvalue weighted by Gasteiger charge is -2.28. The Kier molecular flexibility index (Phi) is 1.57. The number of allylic oxidation sites excluding steroid dienone is 4. The lowest BCUT2D eigenvalue weighted by molar-refractivity contribution is 0.646. The molecular formula is C17H16. The Labute approximate surface area is 102 Å². The van der Waals surface area contributed by atoms with Crippen LogP contribution in [0.15, 0.2) is 42.0 Å². The molecule has 0 aliphatic heterocycles. The van der Waals surface area contributed by atoms with Crippen LogP contribution in [0.1, 0.15) is 25.8 Å². The maximum Gasteiger partial charge on any atom is 0.0155 e. The van der Waals surface area contributed by atoms with Gasteiger partial charge in [-0.25, -0.2) is 0 Å². The van der Waals surface area contributed by atoms with E-state index in [-0.39, 0.29) is 5.41 Å². The minimum atomic E-state index is 0.182. The van der Waals surface area contributed by atoms with Crippen LogP contribution < -0.4 is 10.4 Å². The summed E-state index contributed by atoms with van der Waals surface area (Å²) in [6.07, 6.45) is 10.5. The van der Waals surface area contributed by atoms with E-state index in [1.54, 1.807) is 11.1 Å². The zero-order chi connectivity index (χ0) is 11.6. The highest BCUT2D eigenvalue weighted by atomic mass is 14.4. The maximum atomic E-state index is 2.40. The molecule has 0 heterocycles. The highest BCUT2D eigenvalue weighted by Gasteiger charge is 2.39. The van der Waals surface area contributed by atoms with Gasteiger partial charge in [0.1, 0.15) is 0 Å². The van der Waals surface area contributed by atoms with Gasteiger partial charge < -0.3 is 0 Å². The van der Waals surface area contributed by atoms with Gasteiger partial charge in [0.15, 0.2) is 0 Å². The molecule has 3 aliphatic carbocycles. The number of hydrogen-bond acceptors (Lipinski definition) is 0. The van der Waals surface area contributed by atoms with Gasteiger partial charge in [-0.3, -0.25) is 0 Å². The summed E-state index contributed by atoms with van der Waals surface area (Å²) in [5.74, 6) is 0.616. The standard InChI is InChI=1S/C17H16/c1-17(2)13-7-3-5-11-9-10-12-6-4-8-14(17)16(12)15(11)13/h3-9,12H,10H2,1-2H3. The number of rotatable bonds is 0. The predicted octanol–water partition coefficient (Wildman–Crippen LogP) is 2.43. The van der Waals surface area contributed by atoms with E-state index < -0.39 is 0 Å². The molecule has 0 fully saturated rings. The van der Waals surface area contributed by atoms with Gasteiger partial charge in [-0.15, -0.1) is 0 Å². The first-order chi connectivity index (χ1) is 8.19. The van der Waals surface area contributed by atoms with Crippen molar-refractivity contribution in [2.75, 3.05) is 0 Å². The molecule has 0 spiro atoms. The third kappa shape index (κ3) is 0.993. The smallest absolute Gasteiger partial charge is 0.0155 e. The summed E-state index contributed by atoms with van der Waals surface area (Å²) >= 11 is 0. The Balaban J connectivity index is 2.26. The van der Waals surface area contributed by atoms with Crippen LogP contribution in [0.5, 0.6) is 0 Å². The highest BCUT2D eigenvalue weighted by molar-refractivity contribution is 5.81. The monoisotopic (exact) mass is 220 g/mol. The zero-order valence-electron chi connectivity index (χ0n) is 10.3. The van der Waals surface area contributed by atoms with Crippen LogP contribution in [0.4, 0.5) is 0 Å². The summed E-state index contributed by atoms with van der Waals surface area (Å²) in [4.78, 5) is 0. The molecule has 84 valence electrons. The van der Waals surface area contributed by atoms with Gasteiger partial charge in [0.05, 0.1) is 0 Å². The summed E-state index contributed by atoms with van der Waals surface area (Å²) in [6, 6.07) is 6.78. The largest absolute Gasteiger partial charge is 0.0767 e. The van der Waals surface area contributed by atoms with Crippen LogP contribution in [0.25, 0.3) is 11.6 Å². The summed E-state index contributed by atoms with van der Waals surface area (Å²) in [5, 5.41) is 2.98. The summed E-state index contributed by atoms with van der Waals surface area (Å²) in [5.41, 5.74) is 4.84. The molecule has 0 saturated heterocycles. The number of benzene rings is 1. The normalized spacial score (nSPS) is 26.4. The Hall–Kier alpha value is -1.56. The summed E-state index contributed by atoms with van der Waals surface area (Å²) < 4.78 is 0. The maximum absolute atomic E-state index is 2.40. The van der Waals surface area contributed by atoms with Gasteiger partial charge in [0, 0.05) is 11.3 Å². The molecule has 0 heteroatoms. The molecule has 0 radical (unpaired) electrons. The van der Waals surface area contributed by atoms with E-state index in [1.165, 1.54) is 16.0 Å². The Morgan fingerprint density at radius 2 is 2.12 bits per heavy atom. The molecule has 1 aromatic rings. The van der Waals surface area contributed by atoms with E-state index in [0.29, 0.717) is 5.92 Å². The molecular weight excluding hydrogens is 204 g/mol. The lowest BCUT2D eigenvalue weighted by Crippen LogP contribution is -2.33. The molecule has 0 bridgehead atoms. The van der Waals surface area contributed by atoms with Gasteiger partial charge in [-0.2, -0.15) is 0 Å². The fraction of sp³-hybridized carbons (Fsp3) is 0.294. The molecule has 0 N–H and O–H groups in total. The van der Waals surface area contributed by atoms with Crippen LogP contribution in [-0.4, -0.2) is 0 Å². The molecule has 0 aromatic heterocycles.